The van der Waals surface area contributed by atoms with E-state index in [0.717, 1.165) is 13.0 Å². The molecule has 0 spiro atoms. The van der Waals surface area contributed by atoms with E-state index in [0.29, 0.717) is 5.41 Å². The summed E-state index contributed by atoms with van der Waals surface area (Å²) in [6.07, 6.45) is 1.16. The van der Waals surface area contributed by atoms with Crippen molar-refractivity contribution in [3.8, 4) is 0 Å². The third-order valence-electron chi connectivity index (χ3n) is 4.21. The van der Waals surface area contributed by atoms with Gasteiger partial charge in [0.2, 0.25) is 0 Å². The van der Waals surface area contributed by atoms with Crippen molar-refractivity contribution in [2.75, 3.05) is 0 Å². The summed E-state index contributed by atoms with van der Waals surface area (Å²) >= 11 is 0. The molecule has 0 aliphatic rings. The highest BCUT2D eigenvalue weighted by Crippen LogP contribution is 2.28. The van der Waals surface area contributed by atoms with Crippen LogP contribution in [-0.2, 0) is 13.6 Å². The number of hydrogen-bond donors (Lipinski definition) is 1. The first-order chi connectivity index (χ1) is 9.61. The SMILES string of the molecule is Cc1c(CNC(C)(C)CC(C)(C)C)n(C)c2ccccc12. The Hall–Kier alpha value is -1.28. The minimum Gasteiger partial charge on any atom is -0.346 e. The van der Waals surface area contributed by atoms with Gasteiger partial charge in [0.25, 0.3) is 0 Å². The van der Waals surface area contributed by atoms with Crippen molar-refractivity contribution >= 4 is 10.9 Å². The molecule has 0 radical (unpaired) electrons. The van der Waals surface area contributed by atoms with Crippen LogP contribution in [0.4, 0.5) is 0 Å². The number of aromatic nitrogens is 1. The molecule has 116 valence electrons. The third-order valence-corrected chi connectivity index (χ3v) is 4.21. The highest BCUT2D eigenvalue weighted by molar-refractivity contribution is 5.85. The lowest BCUT2D eigenvalue weighted by molar-refractivity contribution is 0.239. The minimum absolute atomic E-state index is 0.140. The Labute approximate surface area is 129 Å². The van der Waals surface area contributed by atoms with E-state index in [9.17, 15) is 0 Å². The Bertz CT molecular complexity index is 588. The summed E-state index contributed by atoms with van der Waals surface area (Å²) < 4.78 is 2.32. The number of fused-ring (bicyclic) bond motifs is 1. The van der Waals surface area contributed by atoms with Crippen LogP contribution in [0.2, 0.25) is 0 Å². The zero-order valence-electron chi connectivity index (χ0n) is 14.7. The molecular formula is C19H30N2. The van der Waals surface area contributed by atoms with Crippen LogP contribution in [0.5, 0.6) is 0 Å². The predicted octanol–water partition coefficient (Wildman–Crippen LogP) is 4.79. The van der Waals surface area contributed by atoms with Crippen LogP contribution in [0, 0.1) is 12.3 Å². The average molecular weight is 286 g/mol. The number of para-hydroxylation sites is 1. The van der Waals surface area contributed by atoms with Gasteiger partial charge in [-0.2, -0.15) is 0 Å². The van der Waals surface area contributed by atoms with E-state index in [4.69, 9.17) is 0 Å². The molecule has 2 aromatic rings. The molecule has 0 fully saturated rings. The molecule has 0 bridgehead atoms. The molecule has 21 heavy (non-hydrogen) atoms. The first-order valence-corrected chi connectivity index (χ1v) is 7.89. The van der Waals surface area contributed by atoms with E-state index < -0.39 is 0 Å². The second-order valence-corrected chi connectivity index (χ2v) is 8.12. The molecule has 1 aromatic heterocycles. The van der Waals surface area contributed by atoms with Gasteiger partial charge < -0.3 is 9.88 Å². The molecule has 1 heterocycles. The van der Waals surface area contributed by atoms with Crippen molar-refractivity contribution in [3.63, 3.8) is 0 Å². The molecule has 1 aromatic carbocycles. The van der Waals surface area contributed by atoms with Crippen molar-refractivity contribution < 1.29 is 0 Å². The lowest BCUT2D eigenvalue weighted by Crippen LogP contribution is -2.42. The summed E-state index contributed by atoms with van der Waals surface area (Å²) in [6, 6.07) is 8.65. The number of rotatable bonds is 4. The number of benzene rings is 1. The molecule has 0 aliphatic carbocycles. The molecule has 2 rings (SSSR count). The summed E-state index contributed by atoms with van der Waals surface area (Å²) in [6.45, 7) is 14.7. The second kappa shape index (κ2) is 5.49. The summed E-state index contributed by atoms with van der Waals surface area (Å²) in [5.74, 6) is 0. The van der Waals surface area contributed by atoms with Crippen molar-refractivity contribution in [1.29, 1.82) is 0 Å². The van der Waals surface area contributed by atoms with Crippen LogP contribution in [-0.4, -0.2) is 10.1 Å². The van der Waals surface area contributed by atoms with Gasteiger partial charge in [-0.15, -0.1) is 0 Å². The Morgan fingerprint density at radius 1 is 1.05 bits per heavy atom. The van der Waals surface area contributed by atoms with Gasteiger partial charge in [-0.25, -0.2) is 0 Å². The lowest BCUT2D eigenvalue weighted by Gasteiger charge is -2.33. The molecule has 0 atom stereocenters. The molecule has 0 aliphatic heterocycles. The molecular weight excluding hydrogens is 256 g/mol. The highest BCUT2D eigenvalue weighted by atomic mass is 15.0. The maximum Gasteiger partial charge on any atom is 0.0483 e. The maximum atomic E-state index is 3.75. The minimum atomic E-state index is 0.140. The van der Waals surface area contributed by atoms with E-state index in [1.807, 2.05) is 0 Å². The van der Waals surface area contributed by atoms with Crippen LogP contribution in [0.15, 0.2) is 24.3 Å². The first-order valence-electron chi connectivity index (χ1n) is 7.89. The third kappa shape index (κ3) is 3.68. The fraction of sp³-hybridized carbons (Fsp3) is 0.579. The Morgan fingerprint density at radius 3 is 2.24 bits per heavy atom. The van der Waals surface area contributed by atoms with Crippen molar-refractivity contribution in [3.05, 3.63) is 35.5 Å². The molecule has 0 saturated carbocycles. The fourth-order valence-corrected chi connectivity index (χ4v) is 3.60. The van der Waals surface area contributed by atoms with Crippen molar-refractivity contribution in [2.45, 2.75) is 60.0 Å². The molecule has 0 unspecified atom stereocenters. The van der Waals surface area contributed by atoms with Gasteiger partial charge in [0.05, 0.1) is 0 Å². The topological polar surface area (TPSA) is 17.0 Å². The predicted molar refractivity (Wildman–Crippen MR) is 92.6 cm³/mol. The fourth-order valence-electron chi connectivity index (χ4n) is 3.60. The summed E-state index contributed by atoms with van der Waals surface area (Å²) in [7, 11) is 2.17. The summed E-state index contributed by atoms with van der Waals surface area (Å²) in [4.78, 5) is 0. The summed E-state index contributed by atoms with van der Waals surface area (Å²) in [5, 5.41) is 5.12. The normalized spacial score (nSPS) is 13.1. The maximum absolute atomic E-state index is 3.75. The van der Waals surface area contributed by atoms with Gasteiger partial charge in [-0.05, 0) is 44.2 Å². The van der Waals surface area contributed by atoms with Crippen molar-refractivity contribution in [1.82, 2.24) is 9.88 Å². The molecule has 2 nitrogen and oxygen atoms in total. The van der Waals surface area contributed by atoms with Crippen molar-refractivity contribution in [2.24, 2.45) is 12.5 Å². The Morgan fingerprint density at radius 2 is 1.67 bits per heavy atom. The number of hydrogen-bond acceptors (Lipinski definition) is 1. The van der Waals surface area contributed by atoms with Crippen LogP contribution < -0.4 is 5.32 Å². The monoisotopic (exact) mass is 286 g/mol. The average Bonchev–Trinajstić information content (AvgIpc) is 2.58. The second-order valence-electron chi connectivity index (χ2n) is 8.12. The highest BCUT2D eigenvalue weighted by Gasteiger charge is 2.25. The van der Waals surface area contributed by atoms with Crippen LogP contribution in [0.25, 0.3) is 10.9 Å². The zero-order chi connectivity index (χ0) is 15.8. The number of nitrogens with one attached hydrogen (secondary N) is 1. The standard InChI is InChI=1S/C19H30N2/c1-14-15-10-8-9-11-16(15)21(7)17(14)12-20-19(5,6)13-18(2,3)4/h8-11,20H,12-13H2,1-7H3. The largest absolute Gasteiger partial charge is 0.346 e. The molecule has 0 saturated heterocycles. The molecule has 1 N–H and O–H groups in total. The van der Waals surface area contributed by atoms with Gasteiger partial charge in [0, 0.05) is 35.7 Å². The van der Waals surface area contributed by atoms with Gasteiger partial charge in [0.15, 0.2) is 0 Å². The van der Waals surface area contributed by atoms with Gasteiger partial charge in [0.1, 0.15) is 0 Å². The van der Waals surface area contributed by atoms with E-state index in [1.54, 1.807) is 0 Å². The Kier molecular flexibility index (Phi) is 4.21. The van der Waals surface area contributed by atoms with Crippen LogP contribution in [0.1, 0.15) is 52.3 Å². The van der Waals surface area contributed by atoms with E-state index in [-0.39, 0.29) is 5.54 Å². The number of nitrogens with zero attached hydrogens (tertiary/aromatic N) is 1. The quantitative estimate of drug-likeness (QED) is 0.855. The van der Waals surface area contributed by atoms with Gasteiger partial charge in [-0.3, -0.25) is 0 Å². The summed E-state index contributed by atoms with van der Waals surface area (Å²) in [5.41, 5.74) is 4.58. The van der Waals surface area contributed by atoms with Crippen LogP contribution in [0.3, 0.4) is 0 Å². The van der Waals surface area contributed by atoms with Gasteiger partial charge >= 0.3 is 0 Å². The zero-order valence-corrected chi connectivity index (χ0v) is 14.7. The lowest BCUT2D eigenvalue weighted by atomic mass is 9.82. The Balaban J connectivity index is 2.21. The van der Waals surface area contributed by atoms with E-state index >= 15 is 0 Å². The smallest absolute Gasteiger partial charge is 0.0483 e. The molecule has 2 heteroatoms. The van der Waals surface area contributed by atoms with E-state index in [1.165, 1.54) is 22.2 Å². The molecule has 0 amide bonds. The van der Waals surface area contributed by atoms with Crippen LogP contribution >= 0.6 is 0 Å². The number of aryl methyl sites for hydroxylation is 2. The first kappa shape index (κ1) is 16.1. The van der Waals surface area contributed by atoms with E-state index in [2.05, 4.69) is 82.7 Å². The van der Waals surface area contributed by atoms with Gasteiger partial charge in [-0.1, -0.05) is 39.0 Å².